The molecule has 0 spiro atoms. The lowest BCUT2D eigenvalue weighted by Crippen LogP contribution is -2.47. The van der Waals surface area contributed by atoms with E-state index in [1.165, 1.54) is 0 Å². The zero-order valence-corrected chi connectivity index (χ0v) is 16.6. The van der Waals surface area contributed by atoms with Gasteiger partial charge in [0.05, 0.1) is 19.1 Å². The van der Waals surface area contributed by atoms with Gasteiger partial charge in [-0.25, -0.2) is 0 Å². The van der Waals surface area contributed by atoms with Gasteiger partial charge in [-0.2, -0.15) is 0 Å². The van der Waals surface area contributed by atoms with E-state index in [1.807, 2.05) is 35.2 Å². The zero-order chi connectivity index (χ0) is 20.1. The van der Waals surface area contributed by atoms with Gasteiger partial charge in [-0.15, -0.1) is 0 Å². The molecule has 2 heterocycles. The van der Waals surface area contributed by atoms with E-state index in [0.29, 0.717) is 36.7 Å². The van der Waals surface area contributed by atoms with Crippen molar-refractivity contribution in [1.82, 2.24) is 9.88 Å². The summed E-state index contributed by atoms with van der Waals surface area (Å²) in [5, 5.41) is 3.00. The number of amides is 2. The van der Waals surface area contributed by atoms with E-state index in [0.717, 1.165) is 5.56 Å². The van der Waals surface area contributed by atoms with Crippen LogP contribution in [0.25, 0.3) is 0 Å². The van der Waals surface area contributed by atoms with Gasteiger partial charge in [0.1, 0.15) is 5.75 Å². The smallest absolute Gasteiger partial charge is 0.229 e. The molecule has 1 saturated heterocycles. The molecule has 6 heteroatoms. The van der Waals surface area contributed by atoms with Crippen LogP contribution in [0.5, 0.6) is 5.75 Å². The minimum absolute atomic E-state index is 0.0907. The SMILES string of the molecule is COc1cccc(NC(=O)[C@@H]2CCC(=O)N(CC(C)C)[C@H]2c2cccnc2)c1. The summed E-state index contributed by atoms with van der Waals surface area (Å²) in [6.45, 7) is 4.77. The summed E-state index contributed by atoms with van der Waals surface area (Å²) in [7, 11) is 1.59. The molecule has 1 aromatic carbocycles. The molecule has 2 atom stereocenters. The van der Waals surface area contributed by atoms with Crippen LogP contribution in [0.1, 0.15) is 38.3 Å². The number of benzene rings is 1. The van der Waals surface area contributed by atoms with E-state index in [9.17, 15) is 9.59 Å². The van der Waals surface area contributed by atoms with E-state index in [4.69, 9.17) is 4.74 Å². The number of methoxy groups -OCH3 is 1. The van der Waals surface area contributed by atoms with Gasteiger partial charge >= 0.3 is 0 Å². The van der Waals surface area contributed by atoms with Gasteiger partial charge < -0.3 is 15.0 Å². The number of carbonyl (C=O) groups is 2. The van der Waals surface area contributed by atoms with Crippen LogP contribution < -0.4 is 10.1 Å². The predicted octanol–water partition coefficient (Wildman–Crippen LogP) is 3.66. The normalized spacial score (nSPS) is 19.6. The van der Waals surface area contributed by atoms with Gasteiger partial charge in [-0.1, -0.05) is 26.0 Å². The Morgan fingerprint density at radius 3 is 2.82 bits per heavy atom. The first-order valence-corrected chi connectivity index (χ1v) is 9.64. The third-order valence-electron chi connectivity index (χ3n) is 4.97. The Labute approximate surface area is 165 Å². The number of hydrogen-bond acceptors (Lipinski definition) is 4. The van der Waals surface area contributed by atoms with Crippen LogP contribution in [0.3, 0.4) is 0 Å². The average molecular weight is 381 g/mol. The number of ether oxygens (including phenoxy) is 1. The van der Waals surface area contributed by atoms with Crippen LogP contribution in [0.4, 0.5) is 5.69 Å². The summed E-state index contributed by atoms with van der Waals surface area (Å²) >= 11 is 0. The monoisotopic (exact) mass is 381 g/mol. The maximum Gasteiger partial charge on any atom is 0.229 e. The van der Waals surface area contributed by atoms with Crippen molar-refractivity contribution < 1.29 is 14.3 Å². The van der Waals surface area contributed by atoms with Crippen molar-refractivity contribution in [3.63, 3.8) is 0 Å². The molecule has 28 heavy (non-hydrogen) atoms. The first-order chi connectivity index (χ1) is 13.5. The lowest BCUT2D eigenvalue weighted by atomic mass is 9.83. The van der Waals surface area contributed by atoms with E-state index in [-0.39, 0.29) is 23.8 Å². The van der Waals surface area contributed by atoms with Crippen molar-refractivity contribution >= 4 is 17.5 Å². The number of nitrogens with zero attached hydrogens (tertiary/aromatic N) is 2. The second-order valence-electron chi connectivity index (χ2n) is 7.54. The summed E-state index contributed by atoms with van der Waals surface area (Å²) in [6.07, 6.45) is 4.34. The summed E-state index contributed by atoms with van der Waals surface area (Å²) in [5.41, 5.74) is 1.57. The van der Waals surface area contributed by atoms with Crippen molar-refractivity contribution in [3.8, 4) is 5.75 Å². The second-order valence-corrected chi connectivity index (χ2v) is 7.54. The Balaban J connectivity index is 1.89. The lowest BCUT2D eigenvalue weighted by molar-refractivity contribution is -0.142. The molecule has 0 radical (unpaired) electrons. The molecule has 6 nitrogen and oxygen atoms in total. The fourth-order valence-electron chi connectivity index (χ4n) is 3.74. The average Bonchev–Trinajstić information content (AvgIpc) is 2.69. The molecule has 1 N–H and O–H groups in total. The molecule has 0 aliphatic carbocycles. The number of anilines is 1. The van der Waals surface area contributed by atoms with E-state index in [2.05, 4.69) is 24.1 Å². The molecule has 2 aromatic rings. The molecule has 1 aliphatic heterocycles. The van der Waals surface area contributed by atoms with Gasteiger partial charge in [0.15, 0.2) is 0 Å². The number of aromatic nitrogens is 1. The molecule has 0 saturated carbocycles. The topological polar surface area (TPSA) is 71.5 Å². The maximum absolute atomic E-state index is 13.2. The van der Waals surface area contributed by atoms with Crippen LogP contribution >= 0.6 is 0 Å². The van der Waals surface area contributed by atoms with Crippen molar-refractivity contribution in [2.24, 2.45) is 11.8 Å². The van der Waals surface area contributed by atoms with Crippen LogP contribution in [-0.2, 0) is 9.59 Å². The summed E-state index contributed by atoms with van der Waals surface area (Å²) in [4.78, 5) is 31.9. The van der Waals surface area contributed by atoms with Gasteiger partial charge in [0.2, 0.25) is 11.8 Å². The molecular weight excluding hydrogens is 354 g/mol. The zero-order valence-electron chi connectivity index (χ0n) is 16.6. The van der Waals surface area contributed by atoms with Crippen molar-refractivity contribution in [3.05, 3.63) is 54.4 Å². The summed E-state index contributed by atoms with van der Waals surface area (Å²) < 4.78 is 5.23. The van der Waals surface area contributed by atoms with E-state index >= 15 is 0 Å². The predicted molar refractivity (Wildman–Crippen MR) is 108 cm³/mol. The number of hydrogen-bond donors (Lipinski definition) is 1. The third-order valence-corrected chi connectivity index (χ3v) is 4.97. The molecule has 2 amide bonds. The van der Waals surface area contributed by atoms with E-state index in [1.54, 1.807) is 25.6 Å². The van der Waals surface area contributed by atoms with Crippen LogP contribution in [0.15, 0.2) is 48.8 Å². The minimum atomic E-state index is -0.341. The van der Waals surface area contributed by atoms with Gasteiger partial charge in [0, 0.05) is 37.1 Å². The Kier molecular flexibility index (Phi) is 6.29. The van der Waals surface area contributed by atoms with Gasteiger partial charge in [-0.05, 0) is 36.1 Å². The van der Waals surface area contributed by atoms with Gasteiger partial charge in [0.25, 0.3) is 0 Å². The Bertz CT molecular complexity index is 823. The fraction of sp³-hybridized carbons (Fsp3) is 0.409. The first-order valence-electron chi connectivity index (χ1n) is 9.64. The number of nitrogens with one attached hydrogen (secondary N) is 1. The summed E-state index contributed by atoms with van der Waals surface area (Å²) in [5.74, 6) is 0.647. The Morgan fingerprint density at radius 1 is 1.32 bits per heavy atom. The van der Waals surface area contributed by atoms with Crippen molar-refractivity contribution in [2.75, 3.05) is 19.0 Å². The quantitative estimate of drug-likeness (QED) is 0.829. The van der Waals surface area contributed by atoms with Crippen LogP contribution in [-0.4, -0.2) is 35.4 Å². The Morgan fingerprint density at radius 2 is 2.14 bits per heavy atom. The minimum Gasteiger partial charge on any atom is -0.497 e. The largest absolute Gasteiger partial charge is 0.497 e. The number of pyridine rings is 1. The molecule has 1 fully saturated rings. The van der Waals surface area contributed by atoms with Gasteiger partial charge in [-0.3, -0.25) is 14.6 Å². The highest BCUT2D eigenvalue weighted by Gasteiger charge is 2.40. The van der Waals surface area contributed by atoms with Crippen LogP contribution in [0.2, 0.25) is 0 Å². The summed E-state index contributed by atoms with van der Waals surface area (Å²) in [6, 6.07) is 10.8. The van der Waals surface area contributed by atoms with Crippen molar-refractivity contribution in [2.45, 2.75) is 32.7 Å². The molecule has 1 aromatic heterocycles. The lowest BCUT2D eigenvalue weighted by Gasteiger charge is -2.41. The highest BCUT2D eigenvalue weighted by molar-refractivity contribution is 5.94. The standard InChI is InChI=1S/C22H27N3O3/c1-15(2)14-25-20(26)10-9-19(21(25)16-6-5-11-23-13-16)22(27)24-17-7-4-8-18(12-17)28-3/h4-8,11-13,15,19,21H,9-10,14H2,1-3H3,(H,24,27)/t19-,21+/m1/s1. The molecule has 1 aliphatic rings. The Hall–Kier alpha value is -2.89. The molecule has 148 valence electrons. The fourth-order valence-corrected chi connectivity index (χ4v) is 3.74. The number of carbonyl (C=O) groups excluding carboxylic acids is 2. The molecular formula is C22H27N3O3. The number of piperidine rings is 1. The first kappa shape index (κ1) is 19.9. The molecule has 0 unspecified atom stereocenters. The number of rotatable bonds is 6. The number of likely N-dealkylation sites (tertiary alicyclic amines) is 1. The molecule has 3 rings (SSSR count). The molecule has 0 bridgehead atoms. The second kappa shape index (κ2) is 8.87. The maximum atomic E-state index is 13.2. The van der Waals surface area contributed by atoms with Crippen molar-refractivity contribution in [1.29, 1.82) is 0 Å². The highest BCUT2D eigenvalue weighted by Crippen LogP contribution is 2.37. The van der Waals surface area contributed by atoms with Crippen LogP contribution in [0, 0.1) is 11.8 Å². The van der Waals surface area contributed by atoms with E-state index < -0.39 is 0 Å². The highest BCUT2D eigenvalue weighted by atomic mass is 16.5. The third kappa shape index (κ3) is 4.50.